The van der Waals surface area contributed by atoms with Gasteiger partial charge in [-0.3, -0.25) is 0 Å². The van der Waals surface area contributed by atoms with Crippen molar-refractivity contribution in [2.45, 2.75) is 11.2 Å². The molecule has 0 radical (unpaired) electrons. The third-order valence-corrected chi connectivity index (χ3v) is 9.35. The summed E-state index contributed by atoms with van der Waals surface area (Å²) in [7, 11) is -0.110. The first-order chi connectivity index (χ1) is 18.7. The fourth-order valence-electron chi connectivity index (χ4n) is 4.50. The molecule has 0 saturated carbocycles. The van der Waals surface area contributed by atoms with Crippen LogP contribution in [0, 0.1) is 11.8 Å². The summed E-state index contributed by atoms with van der Waals surface area (Å²) in [6, 6.07) is 15.1. The minimum absolute atomic E-state index is 0.0219. The molecule has 0 spiro atoms. The summed E-state index contributed by atoms with van der Waals surface area (Å²) < 4.78 is 37.6. The summed E-state index contributed by atoms with van der Waals surface area (Å²) in [5.41, 5.74) is 0.255. The van der Waals surface area contributed by atoms with Gasteiger partial charge in [-0.05, 0) is 59.7 Å². The molecule has 39 heavy (non-hydrogen) atoms. The maximum absolute atomic E-state index is 13.1. The van der Waals surface area contributed by atoms with Crippen LogP contribution in [0.1, 0.15) is 11.1 Å². The average molecular weight is 584 g/mol. The lowest BCUT2D eigenvalue weighted by Gasteiger charge is -2.28. The van der Waals surface area contributed by atoms with E-state index in [0.29, 0.717) is 10.0 Å². The van der Waals surface area contributed by atoms with Crippen molar-refractivity contribution in [1.29, 1.82) is 0 Å². The molecule has 4 nitrogen and oxygen atoms in total. The Balaban J connectivity index is 1.37. The van der Waals surface area contributed by atoms with E-state index in [1.54, 1.807) is 14.2 Å². The molecule has 2 aromatic carbocycles. The van der Waals surface area contributed by atoms with Crippen LogP contribution in [0.25, 0.3) is 12.2 Å². The van der Waals surface area contributed by atoms with Crippen LogP contribution >= 0.6 is 23.2 Å². The molecule has 2 aliphatic carbocycles. The molecule has 2 aliphatic rings. The van der Waals surface area contributed by atoms with Crippen molar-refractivity contribution < 1.29 is 17.9 Å². The molecule has 0 bridgehead atoms. The van der Waals surface area contributed by atoms with E-state index >= 15 is 0 Å². The Bertz CT molecular complexity index is 1320. The van der Waals surface area contributed by atoms with Gasteiger partial charge in [0.15, 0.2) is 9.84 Å². The first-order valence-electron chi connectivity index (χ1n) is 12.6. The average Bonchev–Trinajstić information content (AvgIpc) is 2.94. The van der Waals surface area contributed by atoms with Gasteiger partial charge in [-0.25, -0.2) is 8.42 Å². The summed E-state index contributed by atoms with van der Waals surface area (Å²) >= 11 is 12.5. The van der Waals surface area contributed by atoms with Gasteiger partial charge in [-0.2, -0.15) is 0 Å². The van der Waals surface area contributed by atoms with E-state index in [1.165, 1.54) is 0 Å². The van der Waals surface area contributed by atoms with Gasteiger partial charge in [-0.15, -0.1) is 0 Å². The fraction of sp³-hybridized carbons (Fsp3) is 0.250. The van der Waals surface area contributed by atoms with Crippen molar-refractivity contribution in [2.75, 3.05) is 25.7 Å². The van der Waals surface area contributed by atoms with Crippen LogP contribution in [0.2, 0.25) is 10.0 Å². The van der Waals surface area contributed by atoms with Gasteiger partial charge in [0.1, 0.15) is 11.2 Å². The largest absolute Gasteiger partial charge is 0.366 e. The second kappa shape index (κ2) is 12.7. The highest BCUT2D eigenvalue weighted by Crippen LogP contribution is 2.29. The highest BCUT2D eigenvalue weighted by molar-refractivity contribution is 7.91. The Hall–Kier alpha value is -2.67. The lowest BCUT2D eigenvalue weighted by molar-refractivity contribution is 0.114. The standard InChI is InChI=1S/C32H32Cl2O4S/c1-37-31(21-15-27-7-3-5-9-29(27)33)17-11-25(12-18-31)23-39(35,36)24-26-13-19-32(38-2,20-14-26)22-16-28-8-4-6-10-30(28)34/h3-22,25-26H,23-24H2,1-2H3/b21-15+,22-16+. The Morgan fingerprint density at radius 1 is 0.692 bits per heavy atom. The number of allylic oxidation sites excluding steroid dienone is 4. The SMILES string of the molecule is COC1(/C=C/c2ccccc2Cl)C=CC(CS(=O)(=O)CC2C=CC(/C=C/c3ccccc3Cl)(OC)C=C2)C=C1. The molecule has 0 atom stereocenters. The Morgan fingerprint density at radius 2 is 1.05 bits per heavy atom. The maximum atomic E-state index is 13.1. The van der Waals surface area contributed by atoms with Crippen LogP contribution in [-0.2, 0) is 19.3 Å². The number of hydrogen-bond acceptors (Lipinski definition) is 4. The third-order valence-electron chi connectivity index (χ3n) is 6.87. The molecule has 204 valence electrons. The van der Waals surface area contributed by atoms with Crippen molar-refractivity contribution in [3.63, 3.8) is 0 Å². The number of methoxy groups -OCH3 is 2. The molecule has 7 heteroatoms. The van der Waals surface area contributed by atoms with Gasteiger partial charge in [0.05, 0.1) is 11.5 Å². The Kier molecular flexibility index (Phi) is 9.52. The lowest BCUT2D eigenvalue weighted by Crippen LogP contribution is -2.29. The maximum Gasteiger partial charge on any atom is 0.152 e. The molecule has 0 unspecified atom stereocenters. The van der Waals surface area contributed by atoms with E-state index in [0.717, 1.165) is 11.1 Å². The number of ether oxygens (including phenoxy) is 2. The molecule has 0 fully saturated rings. The number of hydrogen-bond donors (Lipinski definition) is 0. The molecular weight excluding hydrogens is 551 g/mol. The monoisotopic (exact) mass is 582 g/mol. The van der Waals surface area contributed by atoms with E-state index in [-0.39, 0.29) is 23.3 Å². The normalized spacial score (nSPS) is 26.7. The van der Waals surface area contributed by atoms with Gasteiger partial charge in [0.25, 0.3) is 0 Å². The zero-order valence-corrected chi connectivity index (χ0v) is 24.2. The van der Waals surface area contributed by atoms with Gasteiger partial charge in [-0.1, -0.05) is 96.1 Å². The highest BCUT2D eigenvalue weighted by atomic mass is 35.5. The lowest BCUT2D eigenvalue weighted by atomic mass is 9.92. The van der Waals surface area contributed by atoms with Gasteiger partial charge in [0.2, 0.25) is 0 Å². The van der Waals surface area contributed by atoms with Crippen LogP contribution in [0.4, 0.5) is 0 Å². The molecule has 0 heterocycles. The van der Waals surface area contributed by atoms with Crippen molar-refractivity contribution >= 4 is 45.2 Å². The molecular formula is C32H32Cl2O4S. The number of benzene rings is 2. The number of sulfone groups is 1. The zero-order valence-electron chi connectivity index (χ0n) is 21.9. The first-order valence-corrected chi connectivity index (χ1v) is 15.2. The molecule has 0 N–H and O–H groups in total. The third kappa shape index (κ3) is 7.71. The molecule has 0 amide bonds. The molecule has 4 rings (SSSR count). The predicted molar refractivity (Wildman–Crippen MR) is 163 cm³/mol. The summed E-state index contributed by atoms with van der Waals surface area (Å²) in [5, 5.41) is 1.30. The summed E-state index contributed by atoms with van der Waals surface area (Å²) in [5.74, 6) is -0.428. The minimum Gasteiger partial charge on any atom is -0.366 e. The second-order valence-corrected chi connectivity index (χ2v) is 12.6. The fourth-order valence-corrected chi connectivity index (χ4v) is 6.65. The molecule has 2 aromatic rings. The minimum atomic E-state index is -3.35. The van der Waals surface area contributed by atoms with Gasteiger partial charge in [0, 0.05) is 36.1 Å². The molecule has 0 saturated heterocycles. The Morgan fingerprint density at radius 3 is 1.38 bits per heavy atom. The highest BCUT2D eigenvalue weighted by Gasteiger charge is 2.29. The van der Waals surface area contributed by atoms with Crippen molar-refractivity contribution in [3.8, 4) is 0 Å². The number of halogens is 2. The van der Waals surface area contributed by atoms with Crippen LogP contribution in [-0.4, -0.2) is 45.3 Å². The second-order valence-electron chi connectivity index (χ2n) is 9.67. The van der Waals surface area contributed by atoms with Crippen LogP contribution in [0.3, 0.4) is 0 Å². The predicted octanol–water partition coefficient (Wildman–Crippen LogP) is 7.39. The number of rotatable bonds is 10. The molecule has 0 aliphatic heterocycles. The van der Waals surface area contributed by atoms with E-state index in [4.69, 9.17) is 32.7 Å². The zero-order chi connectivity index (χ0) is 27.9. The van der Waals surface area contributed by atoms with Crippen LogP contribution < -0.4 is 0 Å². The van der Waals surface area contributed by atoms with E-state index in [2.05, 4.69) is 0 Å². The van der Waals surface area contributed by atoms with E-state index < -0.39 is 21.0 Å². The van der Waals surface area contributed by atoms with Crippen molar-refractivity contribution in [2.24, 2.45) is 11.8 Å². The van der Waals surface area contributed by atoms with Crippen molar-refractivity contribution in [1.82, 2.24) is 0 Å². The Labute approximate surface area is 241 Å². The molecule has 0 aromatic heterocycles. The smallest absolute Gasteiger partial charge is 0.152 e. The summed E-state index contributed by atoms with van der Waals surface area (Å²) in [6.07, 6.45) is 22.7. The topological polar surface area (TPSA) is 52.6 Å². The quantitative estimate of drug-likeness (QED) is 0.274. The van der Waals surface area contributed by atoms with Crippen LogP contribution in [0.15, 0.2) is 109 Å². The first kappa shape index (κ1) is 29.3. The van der Waals surface area contributed by atoms with E-state index in [1.807, 2.05) is 121 Å². The van der Waals surface area contributed by atoms with Gasteiger partial charge >= 0.3 is 0 Å². The summed E-state index contributed by atoms with van der Waals surface area (Å²) in [6.45, 7) is 0. The van der Waals surface area contributed by atoms with E-state index in [9.17, 15) is 8.42 Å². The van der Waals surface area contributed by atoms with Gasteiger partial charge < -0.3 is 9.47 Å². The van der Waals surface area contributed by atoms with Crippen LogP contribution in [0.5, 0.6) is 0 Å². The van der Waals surface area contributed by atoms with Crippen molar-refractivity contribution in [3.05, 3.63) is 130 Å². The summed E-state index contributed by atoms with van der Waals surface area (Å²) in [4.78, 5) is 0.